The molecule has 136 valence electrons. The molecule has 1 spiro atoms. The van der Waals surface area contributed by atoms with Gasteiger partial charge in [-0.05, 0) is 12.8 Å². The lowest BCUT2D eigenvalue weighted by Crippen LogP contribution is -2.52. The maximum absolute atomic E-state index is 5.96. The van der Waals surface area contributed by atoms with Crippen LogP contribution in [0.15, 0.2) is 0 Å². The molecule has 0 aliphatic carbocycles. The molecule has 23 heavy (non-hydrogen) atoms. The molecule has 0 unspecified atom stereocenters. The van der Waals surface area contributed by atoms with E-state index in [0.29, 0.717) is 26.4 Å². The van der Waals surface area contributed by atoms with Crippen LogP contribution in [-0.4, -0.2) is 55.9 Å². The summed E-state index contributed by atoms with van der Waals surface area (Å²) in [6.07, 6.45) is 3.24. The molecule has 2 heterocycles. The van der Waals surface area contributed by atoms with Crippen LogP contribution in [-0.2, 0) is 18.9 Å². The summed E-state index contributed by atoms with van der Waals surface area (Å²) in [5.74, 6) is 0. The van der Waals surface area contributed by atoms with E-state index < -0.39 is 16.9 Å². The van der Waals surface area contributed by atoms with Gasteiger partial charge in [0.15, 0.2) is 12.6 Å². The Morgan fingerprint density at radius 3 is 1.78 bits per heavy atom. The van der Waals surface area contributed by atoms with E-state index in [-0.39, 0.29) is 18.0 Å². The maximum Gasteiger partial charge on any atom is 0.157 e. The van der Waals surface area contributed by atoms with Crippen molar-refractivity contribution in [1.29, 1.82) is 0 Å². The molecule has 6 heteroatoms. The van der Waals surface area contributed by atoms with Crippen LogP contribution in [0.4, 0.5) is 0 Å². The average Bonchev–Trinajstić information content (AvgIpc) is 2.48. The van der Waals surface area contributed by atoms with Gasteiger partial charge in [-0.3, -0.25) is 0 Å². The predicted octanol–water partition coefficient (Wildman–Crippen LogP) is 3.71. The van der Waals surface area contributed by atoms with Crippen molar-refractivity contribution in [3.63, 3.8) is 0 Å². The molecule has 4 nitrogen and oxygen atoms in total. The van der Waals surface area contributed by atoms with Crippen LogP contribution in [0.5, 0.6) is 0 Å². The first kappa shape index (κ1) is 19.6. The molecule has 0 radical (unpaired) electrons. The summed E-state index contributed by atoms with van der Waals surface area (Å²) in [5.41, 5.74) is -0.0844. The lowest BCUT2D eigenvalue weighted by atomic mass is 9.90. The average molecular weight is 361 g/mol. The molecule has 0 N–H and O–H groups in total. The van der Waals surface area contributed by atoms with Crippen molar-refractivity contribution in [3.05, 3.63) is 0 Å². The minimum Gasteiger partial charge on any atom is -0.352 e. The predicted molar refractivity (Wildman–Crippen MR) is 99.5 cm³/mol. The van der Waals surface area contributed by atoms with Crippen molar-refractivity contribution < 1.29 is 18.9 Å². The Morgan fingerprint density at radius 1 is 0.870 bits per heavy atom. The third-order valence-corrected chi connectivity index (χ3v) is 8.00. The van der Waals surface area contributed by atoms with Gasteiger partial charge in [0.05, 0.1) is 31.8 Å². The zero-order chi connectivity index (χ0) is 16.9. The van der Waals surface area contributed by atoms with Crippen LogP contribution in [0.3, 0.4) is 0 Å². The van der Waals surface area contributed by atoms with Crippen LogP contribution < -0.4 is 0 Å². The minimum absolute atomic E-state index is 0.0158. The SMILES string of the molecule is C[SiH](C)CCCC1OCC2(CO1)COC(CC[Si](C)(C)C)OC2. The molecule has 0 aromatic heterocycles. The van der Waals surface area contributed by atoms with Gasteiger partial charge in [0.1, 0.15) is 0 Å². The normalized spacial score (nSPS) is 32.6. The van der Waals surface area contributed by atoms with Gasteiger partial charge in [-0.15, -0.1) is 0 Å². The lowest BCUT2D eigenvalue weighted by Gasteiger charge is -2.44. The number of hydrogen-bond donors (Lipinski definition) is 0. The van der Waals surface area contributed by atoms with E-state index in [9.17, 15) is 0 Å². The van der Waals surface area contributed by atoms with Crippen molar-refractivity contribution >= 4 is 16.9 Å². The van der Waals surface area contributed by atoms with Crippen LogP contribution in [0.2, 0.25) is 44.8 Å². The topological polar surface area (TPSA) is 36.9 Å². The summed E-state index contributed by atoms with van der Waals surface area (Å²) in [7, 11) is -1.48. The highest BCUT2D eigenvalue weighted by molar-refractivity contribution is 6.76. The Bertz CT molecular complexity index is 339. The lowest BCUT2D eigenvalue weighted by molar-refractivity contribution is -0.303. The van der Waals surface area contributed by atoms with Gasteiger partial charge in [-0.25, -0.2) is 0 Å². The van der Waals surface area contributed by atoms with Crippen molar-refractivity contribution in [2.75, 3.05) is 26.4 Å². The minimum atomic E-state index is -1.03. The molecule has 0 aromatic rings. The smallest absolute Gasteiger partial charge is 0.157 e. The number of hydrogen-bond acceptors (Lipinski definition) is 4. The van der Waals surface area contributed by atoms with Crippen LogP contribution in [0, 0.1) is 5.41 Å². The molecule has 2 aliphatic heterocycles. The van der Waals surface area contributed by atoms with E-state index >= 15 is 0 Å². The van der Waals surface area contributed by atoms with E-state index in [4.69, 9.17) is 18.9 Å². The summed E-state index contributed by atoms with van der Waals surface area (Å²) in [6.45, 7) is 14.8. The highest BCUT2D eigenvalue weighted by Crippen LogP contribution is 2.32. The van der Waals surface area contributed by atoms with Crippen molar-refractivity contribution in [1.82, 2.24) is 0 Å². The number of rotatable bonds is 7. The zero-order valence-electron chi connectivity index (χ0n) is 15.7. The first-order valence-corrected chi connectivity index (χ1v) is 16.1. The third-order valence-electron chi connectivity index (χ3n) is 4.65. The molecule has 0 bridgehead atoms. The second-order valence-corrected chi connectivity index (χ2v) is 18.0. The van der Waals surface area contributed by atoms with Gasteiger partial charge in [-0.2, -0.15) is 0 Å². The fourth-order valence-corrected chi connectivity index (χ4v) is 5.16. The Labute approximate surface area is 144 Å². The van der Waals surface area contributed by atoms with Gasteiger partial charge < -0.3 is 18.9 Å². The molecule has 0 amide bonds. The first-order valence-electron chi connectivity index (χ1n) is 9.24. The van der Waals surface area contributed by atoms with Crippen molar-refractivity contribution in [2.45, 2.75) is 76.7 Å². The second-order valence-electron chi connectivity index (χ2n) is 9.03. The molecule has 2 aliphatic rings. The molecular formula is C17H36O4Si2. The van der Waals surface area contributed by atoms with Crippen molar-refractivity contribution in [2.24, 2.45) is 5.41 Å². The molecule has 2 saturated heterocycles. The van der Waals surface area contributed by atoms with Crippen molar-refractivity contribution in [3.8, 4) is 0 Å². The van der Waals surface area contributed by atoms with Gasteiger partial charge in [0, 0.05) is 16.9 Å². The van der Waals surface area contributed by atoms with E-state index in [1.807, 2.05) is 0 Å². The summed E-state index contributed by atoms with van der Waals surface area (Å²) in [4.78, 5) is 0. The second kappa shape index (κ2) is 8.58. The quantitative estimate of drug-likeness (QED) is 0.649. The fraction of sp³-hybridized carbons (Fsp3) is 1.00. The molecule has 2 rings (SSSR count). The Hall–Kier alpha value is 0.274. The molecule has 0 saturated carbocycles. The summed E-state index contributed by atoms with van der Waals surface area (Å²) in [5, 5.41) is 0. The van der Waals surface area contributed by atoms with E-state index in [1.54, 1.807) is 0 Å². The van der Waals surface area contributed by atoms with Gasteiger partial charge in [-0.1, -0.05) is 51.2 Å². The summed E-state index contributed by atoms with van der Waals surface area (Å²) in [6, 6.07) is 2.62. The zero-order valence-corrected chi connectivity index (χ0v) is 17.9. The largest absolute Gasteiger partial charge is 0.352 e. The monoisotopic (exact) mass is 360 g/mol. The van der Waals surface area contributed by atoms with Gasteiger partial charge in [0.25, 0.3) is 0 Å². The van der Waals surface area contributed by atoms with E-state index in [2.05, 4.69) is 32.7 Å². The van der Waals surface area contributed by atoms with Crippen LogP contribution >= 0.6 is 0 Å². The van der Waals surface area contributed by atoms with E-state index in [0.717, 1.165) is 12.8 Å². The van der Waals surface area contributed by atoms with Crippen LogP contribution in [0.25, 0.3) is 0 Å². The Morgan fingerprint density at radius 2 is 1.35 bits per heavy atom. The maximum atomic E-state index is 5.96. The van der Waals surface area contributed by atoms with Gasteiger partial charge >= 0.3 is 0 Å². The highest BCUT2D eigenvalue weighted by Gasteiger charge is 2.41. The van der Waals surface area contributed by atoms with Crippen LogP contribution in [0.1, 0.15) is 19.3 Å². The van der Waals surface area contributed by atoms with Gasteiger partial charge in [0.2, 0.25) is 0 Å². The third kappa shape index (κ3) is 6.96. The number of ether oxygens (including phenoxy) is 4. The Balaban J connectivity index is 1.65. The summed E-state index contributed by atoms with van der Waals surface area (Å²) >= 11 is 0. The summed E-state index contributed by atoms with van der Waals surface area (Å²) < 4.78 is 23.8. The first-order chi connectivity index (χ1) is 10.8. The fourth-order valence-electron chi connectivity index (χ4n) is 3.00. The highest BCUT2D eigenvalue weighted by atomic mass is 28.3. The molecular weight excluding hydrogens is 324 g/mol. The molecule has 0 aromatic carbocycles. The molecule has 0 atom stereocenters. The Kier molecular flexibility index (Phi) is 7.31. The standard InChI is InChI=1S/C17H36O4Si2/c1-22(2)9-6-7-15-18-11-17(12-19-15)13-20-16(21-14-17)8-10-23(3,4)5/h15-16,22H,6-14H2,1-5H3. The van der Waals surface area contributed by atoms with E-state index in [1.165, 1.54) is 18.5 Å². The molecule has 2 fully saturated rings.